The third kappa shape index (κ3) is 6.02. The molecule has 1 heterocycles. The lowest BCUT2D eigenvalue weighted by atomic mass is 9.93. The van der Waals surface area contributed by atoms with Crippen LogP contribution in [-0.2, 0) is 35.3 Å². The molecule has 5 nitrogen and oxygen atoms in total. The first-order valence-electron chi connectivity index (χ1n) is 6.12. The molecule has 1 saturated heterocycles. The van der Waals surface area contributed by atoms with Gasteiger partial charge in [-0.05, 0) is 6.66 Å². The van der Waals surface area contributed by atoms with E-state index in [2.05, 4.69) is 12.2 Å². The van der Waals surface area contributed by atoms with E-state index >= 15 is 0 Å². The zero-order valence-corrected chi connectivity index (χ0v) is 14.4. The third-order valence-electron chi connectivity index (χ3n) is 2.79. The van der Waals surface area contributed by atoms with Crippen molar-refractivity contribution < 1.29 is 23.5 Å². The Hall–Kier alpha value is 0.865. The topological polar surface area (TPSA) is 46.2 Å². The van der Waals surface area contributed by atoms with Crippen LogP contribution in [0.4, 0.5) is 0 Å². The maximum absolute atomic E-state index is 5.90. The highest BCUT2D eigenvalue weighted by atomic mass is 32.9. The van der Waals surface area contributed by atoms with E-state index in [1.165, 1.54) is 0 Å². The summed E-state index contributed by atoms with van der Waals surface area (Å²) in [5.74, 6) is 0. The zero-order valence-electron chi connectivity index (χ0n) is 11.8. The molecule has 0 aromatic rings. The molecule has 0 aromatic carbocycles. The number of hydrogen-bond acceptors (Lipinski definition) is 6. The first kappa shape index (κ1) is 17.9. The fourth-order valence-electron chi connectivity index (χ4n) is 2.06. The van der Waals surface area contributed by atoms with Crippen LogP contribution in [0.25, 0.3) is 0 Å². The Bertz CT molecular complexity index is 316. The van der Waals surface area contributed by atoms with E-state index < -0.39 is 5.47 Å². The highest BCUT2D eigenvalue weighted by molar-refractivity contribution is 8.61. The molecule has 0 saturated carbocycles. The quantitative estimate of drug-likeness (QED) is 0.299. The molecule has 112 valence electrons. The molecule has 0 N–H and O–H groups in total. The van der Waals surface area contributed by atoms with Crippen LogP contribution in [0.1, 0.15) is 0 Å². The van der Waals surface area contributed by atoms with Crippen molar-refractivity contribution in [3.63, 3.8) is 0 Å². The maximum Gasteiger partial charge on any atom is 0.142 e. The Labute approximate surface area is 126 Å². The highest BCUT2D eigenvalue weighted by Gasteiger charge is 2.45. The van der Waals surface area contributed by atoms with Gasteiger partial charge < -0.3 is 23.5 Å². The van der Waals surface area contributed by atoms with Crippen molar-refractivity contribution in [3.8, 4) is 0 Å². The van der Waals surface area contributed by atoms with Gasteiger partial charge in [-0.15, -0.1) is 12.2 Å². The second kappa shape index (κ2) is 8.34. The van der Waals surface area contributed by atoms with Gasteiger partial charge in [-0.3, -0.25) is 0 Å². The minimum absolute atomic E-state index is 0.0723. The molecule has 3 unspecified atom stereocenters. The number of methoxy groups -OCH3 is 2. The Morgan fingerprint density at radius 3 is 2.47 bits per heavy atom. The minimum Gasteiger partial charge on any atom is -0.382 e. The largest absolute Gasteiger partial charge is 0.382 e. The first-order valence-corrected chi connectivity index (χ1v) is 10.4. The normalized spacial score (nSPS) is 34.3. The van der Waals surface area contributed by atoms with Crippen LogP contribution in [0.2, 0.25) is 0 Å². The molecule has 0 aromatic heterocycles. The predicted molar refractivity (Wildman–Crippen MR) is 84.8 cm³/mol. The molecule has 1 fully saturated rings. The van der Waals surface area contributed by atoms with Crippen LogP contribution in [0.15, 0.2) is 0 Å². The fraction of sp³-hybridized carbons (Fsp3) is 1.00. The Morgan fingerprint density at radius 2 is 1.95 bits per heavy atom. The van der Waals surface area contributed by atoms with E-state index in [0.717, 1.165) is 0 Å². The van der Waals surface area contributed by atoms with Crippen LogP contribution in [-0.4, -0.2) is 72.9 Å². The summed E-state index contributed by atoms with van der Waals surface area (Å²) in [6.07, 6.45) is -0.605. The molecule has 1 aliphatic rings. The molecular weight excluding hydrogens is 306 g/mol. The lowest BCUT2D eigenvalue weighted by Crippen LogP contribution is -2.38. The average molecular weight is 328 g/mol. The van der Waals surface area contributed by atoms with Crippen LogP contribution >= 0.6 is 17.7 Å². The summed E-state index contributed by atoms with van der Waals surface area (Å²) in [5, 5.41) is 0. The van der Waals surface area contributed by atoms with Crippen molar-refractivity contribution in [3.05, 3.63) is 0 Å². The summed E-state index contributed by atoms with van der Waals surface area (Å²) in [6.45, 7) is 3.30. The standard InChI is InChI=1S/C10H22BO5PS2/c1-12-4-5-14-9-8(16-17(3,18)19)7(6-13-2)15-10(9)11/h7-10H,4-6,11H2,1-3H3,(H,18,19)/t7-,8?,9?,10-/m1/s1. The van der Waals surface area contributed by atoms with Gasteiger partial charge in [0, 0.05) is 14.2 Å². The SMILES string of the molecule is B[C@@H]1O[C@H](COC)C(OP(C)(=S)S)C1OCCOC. The zero-order chi connectivity index (χ0) is 14.5. The van der Waals surface area contributed by atoms with E-state index in [4.69, 9.17) is 35.3 Å². The summed E-state index contributed by atoms with van der Waals surface area (Å²) in [7, 11) is 5.23. The molecular formula is C10H22BO5PS2. The monoisotopic (exact) mass is 328 g/mol. The lowest BCUT2D eigenvalue weighted by Gasteiger charge is -2.26. The lowest BCUT2D eigenvalue weighted by molar-refractivity contribution is -0.0293. The predicted octanol–water partition coefficient (Wildman–Crippen LogP) is 0.277. The Kier molecular flexibility index (Phi) is 7.87. The molecule has 19 heavy (non-hydrogen) atoms. The van der Waals surface area contributed by atoms with Crippen molar-refractivity contribution in [2.75, 3.05) is 40.7 Å². The van der Waals surface area contributed by atoms with Gasteiger partial charge in [0.05, 0.1) is 25.8 Å². The van der Waals surface area contributed by atoms with Crippen molar-refractivity contribution >= 4 is 37.4 Å². The van der Waals surface area contributed by atoms with E-state index in [9.17, 15) is 0 Å². The second-order valence-corrected chi connectivity index (χ2v) is 11.5. The third-order valence-corrected chi connectivity index (χ3v) is 3.96. The van der Waals surface area contributed by atoms with Gasteiger partial charge >= 0.3 is 0 Å². The number of thiol groups is 1. The minimum atomic E-state index is -2.10. The Balaban J connectivity index is 2.70. The van der Waals surface area contributed by atoms with Crippen molar-refractivity contribution in [1.82, 2.24) is 0 Å². The van der Waals surface area contributed by atoms with Crippen LogP contribution < -0.4 is 0 Å². The van der Waals surface area contributed by atoms with Crippen LogP contribution in [0.5, 0.6) is 0 Å². The van der Waals surface area contributed by atoms with Gasteiger partial charge in [0.1, 0.15) is 31.6 Å². The van der Waals surface area contributed by atoms with E-state index in [1.54, 1.807) is 14.2 Å². The molecule has 5 atom stereocenters. The van der Waals surface area contributed by atoms with Crippen LogP contribution in [0.3, 0.4) is 0 Å². The molecule has 0 amide bonds. The van der Waals surface area contributed by atoms with E-state index in [-0.39, 0.29) is 24.3 Å². The highest BCUT2D eigenvalue weighted by Crippen LogP contribution is 2.51. The summed E-state index contributed by atoms with van der Waals surface area (Å²) >= 11 is 9.61. The summed E-state index contributed by atoms with van der Waals surface area (Å²) in [6, 6.07) is -0.0723. The fourth-order valence-corrected chi connectivity index (χ4v) is 3.39. The summed E-state index contributed by atoms with van der Waals surface area (Å²) < 4.78 is 27.7. The van der Waals surface area contributed by atoms with Gasteiger partial charge in [0.15, 0.2) is 0 Å². The maximum atomic E-state index is 5.90. The van der Waals surface area contributed by atoms with E-state index in [0.29, 0.717) is 19.8 Å². The molecule has 9 heteroatoms. The molecule has 0 aliphatic carbocycles. The van der Waals surface area contributed by atoms with Gasteiger partial charge in [-0.25, -0.2) is 0 Å². The molecule has 0 radical (unpaired) electrons. The smallest absolute Gasteiger partial charge is 0.142 e. The number of rotatable bonds is 8. The Morgan fingerprint density at radius 1 is 1.26 bits per heavy atom. The summed E-state index contributed by atoms with van der Waals surface area (Å²) in [5.41, 5.74) is -2.10. The molecule has 0 spiro atoms. The van der Waals surface area contributed by atoms with Crippen LogP contribution in [0, 0.1) is 0 Å². The van der Waals surface area contributed by atoms with Gasteiger partial charge in [0.25, 0.3) is 0 Å². The first-order chi connectivity index (χ1) is 8.89. The second-order valence-electron chi connectivity index (χ2n) is 4.54. The van der Waals surface area contributed by atoms with E-state index in [1.807, 2.05) is 14.5 Å². The van der Waals surface area contributed by atoms with Crippen molar-refractivity contribution in [2.24, 2.45) is 0 Å². The molecule has 1 rings (SSSR count). The summed E-state index contributed by atoms with van der Waals surface area (Å²) in [4.78, 5) is 0. The van der Waals surface area contributed by atoms with Crippen molar-refractivity contribution in [1.29, 1.82) is 0 Å². The van der Waals surface area contributed by atoms with Gasteiger partial charge in [-0.2, -0.15) is 0 Å². The number of ether oxygens (including phenoxy) is 4. The average Bonchev–Trinajstić information content (AvgIpc) is 2.56. The molecule has 0 bridgehead atoms. The number of hydrogen-bond donors (Lipinski definition) is 1. The van der Waals surface area contributed by atoms with Gasteiger partial charge in [0.2, 0.25) is 0 Å². The molecule has 1 aliphatic heterocycles. The van der Waals surface area contributed by atoms with Crippen molar-refractivity contribution in [2.45, 2.75) is 24.3 Å². The van der Waals surface area contributed by atoms with Gasteiger partial charge in [-0.1, -0.05) is 11.8 Å².